The van der Waals surface area contributed by atoms with Crippen LogP contribution in [0.3, 0.4) is 0 Å². The number of fused-ring (bicyclic) bond motifs is 1. The van der Waals surface area contributed by atoms with Crippen LogP contribution in [0.4, 0.5) is 4.79 Å². The molecule has 2 heterocycles. The highest BCUT2D eigenvalue weighted by Crippen LogP contribution is 2.37. The Balaban J connectivity index is 1.37. The van der Waals surface area contributed by atoms with E-state index in [1.807, 2.05) is 21.7 Å². The largest absolute Gasteiger partial charge is 0.496 e. The molecule has 1 aromatic carbocycles. The van der Waals surface area contributed by atoms with Crippen LogP contribution in [0.15, 0.2) is 30.9 Å². The van der Waals surface area contributed by atoms with E-state index in [1.54, 1.807) is 19.8 Å². The SMILES string of the molecule is COc1cccc2c1CC[C@@H]2NC(=O)N1CCC(n2cncn2)CC1. The minimum Gasteiger partial charge on any atom is -0.496 e. The summed E-state index contributed by atoms with van der Waals surface area (Å²) in [5.74, 6) is 0.919. The number of rotatable bonds is 3. The van der Waals surface area contributed by atoms with E-state index in [9.17, 15) is 4.79 Å². The van der Waals surface area contributed by atoms with Crippen molar-refractivity contribution in [1.29, 1.82) is 0 Å². The van der Waals surface area contributed by atoms with E-state index in [1.165, 1.54) is 11.1 Å². The lowest BCUT2D eigenvalue weighted by atomic mass is 10.1. The predicted octanol–water partition coefficient (Wildman–Crippen LogP) is 2.32. The third kappa shape index (κ3) is 3.06. The number of aromatic nitrogens is 3. The van der Waals surface area contributed by atoms with Gasteiger partial charge < -0.3 is 15.0 Å². The van der Waals surface area contributed by atoms with Crippen molar-refractivity contribution in [2.75, 3.05) is 20.2 Å². The van der Waals surface area contributed by atoms with E-state index in [0.29, 0.717) is 6.04 Å². The average Bonchev–Trinajstić information content (AvgIpc) is 3.32. The molecule has 0 spiro atoms. The van der Waals surface area contributed by atoms with Gasteiger partial charge in [-0.15, -0.1) is 0 Å². The number of ether oxygens (including phenoxy) is 1. The van der Waals surface area contributed by atoms with Crippen molar-refractivity contribution in [3.05, 3.63) is 42.0 Å². The van der Waals surface area contributed by atoms with Crippen molar-refractivity contribution < 1.29 is 9.53 Å². The second kappa shape index (κ2) is 6.74. The molecular weight excluding hydrogens is 318 g/mol. The van der Waals surface area contributed by atoms with E-state index >= 15 is 0 Å². The smallest absolute Gasteiger partial charge is 0.317 e. The lowest BCUT2D eigenvalue weighted by Crippen LogP contribution is -2.45. The number of methoxy groups -OCH3 is 1. The summed E-state index contributed by atoms with van der Waals surface area (Å²) in [6.07, 6.45) is 7.00. The van der Waals surface area contributed by atoms with Gasteiger partial charge in [-0.1, -0.05) is 12.1 Å². The normalized spacial score (nSPS) is 20.4. The molecule has 132 valence electrons. The number of hydrogen-bond donors (Lipinski definition) is 1. The molecule has 2 amide bonds. The molecule has 1 saturated heterocycles. The van der Waals surface area contributed by atoms with Gasteiger partial charge in [0, 0.05) is 13.1 Å². The van der Waals surface area contributed by atoms with Gasteiger partial charge >= 0.3 is 6.03 Å². The summed E-state index contributed by atoms with van der Waals surface area (Å²) < 4.78 is 7.33. The Kier molecular flexibility index (Phi) is 4.29. The van der Waals surface area contributed by atoms with Crippen LogP contribution in [-0.4, -0.2) is 45.9 Å². The van der Waals surface area contributed by atoms with Crippen molar-refractivity contribution in [2.24, 2.45) is 0 Å². The van der Waals surface area contributed by atoms with Crippen LogP contribution in [0.1, 0.15) is 42.5 Å². The van der Waals surface area contributed by atoms with Gasteiger partial charge in [-0.3, -0.25) is 0 Å². The van der Waals surface area contributed by atoms with Crippen molar-refractivity contribution in [2.45, 2.75) is 37.8 Å². The maximum atomic E-state index is 12.7. The van der Waals surface area contributed by atoms with Crippen molar-refractivity contribution in [1.82, 2.24) is 25.0 Å². The molecule has 7 nitrogen and oxygen atoms in total. The number of benzene rings is 1. The monoisotopic (exact) mass is 341 g/mol. The number of nitrogens with one attached hydrogen (secondary N) is 1. The zero-order valence-corrected chi connectivity index (χ0v) is 14.4. The van der Waals surface area contributed by atoms with Crippen LogP contribution in [0.2, 0.25) is 0 Å². The number of carbonyl (C=O) groups is 1. The van der Waals surface area contributed by atoms with E-state index in [-0.39, 0.29) is 12.1 Å². The molecule has 1 aromatic heterocycles. The lowest BCUT2D eigenvalue weighted by Gasteiger charge is -2.32. The number of likely N-dealkylation sites (tertiary alicyclic amines) is 1. The summed E-state index contributed by atoms with van der Waals surface area (Å²) in [4.78, 5) is 18.6. The predicted molar refractivity (Wildman–Crippen MR) is 92.5 cm³/mol. The molecule has 1 fully saturated rings. The molecule has 4 rings (SSSR count). The highest BCUT2D eigenvalue weighted by molar-refractivity contribution is 5.75. The van der Waals surface area contributed by atoms with Crippen LogP contribution in [-0.2, 0) is 6.42 Å². The van der Waals surface area contributed by atoms with Crippen LogP contribution in [0.25, 0.3) is 0 Å². The third-order valence-corrected chi connectivity index (χ3v) is 5.31. The Hall–Kier alpha value is -2.57. The van der Waals surface area contributed by atoms with Gasteiger partial charge in [-0.2, -0.15) is 5.10 Å². The van der Waals surface area contributed by atoms with Crippen molar-refractivity contribution in [3.8, 4) is 5.75 Å². The molecule has 0 bridgehead atoms. The zero-order chi connectivity index (χ0) is 17.2. The zero-order valence-electron chi connectivity index (χ0n) is 14.4. The topological polar surface area (TPSA) is 72.3 Å². The summed E-state index contributed by atoms with van der Waals surface area (Å²) in [6, 6.07) is 6.50. The highest BCUT2D eigenvalue weighted by Gasteiger charge is 2.29. The molecule has 1 N–H and O–H groups in total. The van der Waals surface area contributed by atoms with E-state index < -0.39 is 0 Å². The first kappa shape index (κ1) is 15.9. The Morgan fingerprint density at radius 2 is 2.12 bits per heavy atom. The molecule has 1 aliphatic carbocycles. The maximum absolute atomic E-state index is 12.7. The van der Waals surface area contributed by atoms with Crippen molar-refractivity contribution in [3.63, 3.8) is 0 Å². The van der Waals surface area contributed by atoms with E-state index in [2.05, 4.69) is 21.5 Å². The summed E-state index contributed by atoms with van der Waals surface area (Å²) >= 11 is 0. The van der Waals surface area contributed by atoms with Gasteiger partial charge in [0.2, 0.25) is 0 Å². The molecular formula is C18H23N5O2. The van der Waals surface area contributed by atoms with Gasteiger partial charge in [0.15, 0.2) is 0 Å². The summed E-state index contributed by atoms with van der Waals surface area (Å²) in [5.41, 5.74) is 2.41. The molecule has 7 heteroatoms. The molecule has 0 unspecified atom stereocenters. The van der Waals surface area contributed by atoms with Crippen molar-refractivity contribution >= 4 is 6.03 Å². The maximum Gasteiger partial charge on any atom is 0.317 e. The lowest BCUT2D eigenvalue weighted by molar-refractivity contribution is 0.165. The van der Waals surface area contributed by atoms with Crippen LogP contribution >= 0.6 is 0 Å². The Morgan fingerprint density at radius 1 is 1.28 bits per heavy atom. The molecule has 25 heavy (non-hydrogen) atoms. The molecule has 1 atom stereocenters. The number of piperidine rings is 1. The fourth-order valence-electron chi connectivity index (χ4n) is 3.94. The standard InChI is InChI=1S/C18H23N5O2/c1-25-17-4-2-3-14-15(17)5-6-16(14)21-18(24)22-9-7-13(8-10-22)23-12-19-11-20-23/h2-4,11-13,16H,5-10H2,1H3,(H,21,24)/t16-/m0/s1. The summed E-state index contributed by atoms with van der Waals surface area (Å²) in [5, 5.41) is 7.41. The summed E-state index contributed by atoms with van der Waals surface area (Å²) in [7, 11) is 1.70. The fraction of sp³-hybridized carbons (Fsp3) is 0.500. The minimum atomic E-state index is 0.0257. The first-order chi connectivity index (χ1) is 12.3. The first-order valence-corrected chi connectivity index (χ1v) is 8.81. The Morgan fingerprint density at radius 3 is 2.84 bits per heavy atom. The fourth-order valence-corrected chi connectivity index (χ4v) is 3.94. The van der Waals surface area contributed by atoms with Gasteiger partial charge in [-0.25, -0.2) is 14.5 Å². The van der Waals surface area contributed by atoms with E-state index in [4.69, 9.17) is 4.74 Å². The first-order valence-electron chi connectivity index (χ1n) is 8.81. The van der Waals surface area contributed by atoms with Crippen LogP contribution < -0.4 is 10.1 Å². The summed E-state index contributed by atoms with van der Waals surface area (Å²) in [6.45, 7) is 1.49. The molecule has 2 aromatic rings. The number of hydrogen-bond acceptors (Lipinski definition) is 4. The number of carbonyl (C=O) groups excluding carboxylic acids is 1. The van der Waals surface area contributed by atoms with Gasteiger partial charge in [0.1, 0.15) is 18.4 Å². The highest BCUT2D eigenvalue weighted by atomic mass is 16.5. The van der Waals surface area contributed by atoms with Gasteiger partial charge in [0.25, 0.3) is 0 Å². The molecule has 0 radical (unpaired) electrons. The third-order valence-electron chi connectivity index (χ3n) is 5.31. The van der Waals surface area contributed by atoms with Gasteiger partial charge in [-0.05, 0) is 42.9 Å². The number of urea groups is 1. The quantitative estimate of drug-likeness (QED) is 0.930. The van der Waals surface area contributed by atoms with Crippen LogP contribution in [0.5, 0.6) is 5.75 Å². The second-order valence-electron chi connectivity index (χ2n) is 6.66. The minimum absolute atomic E-state index is 0.0257. The van der Waals surface area contributed by atoms with Crippen LogP contribution in [0, 0.1) is 0 Å². The molecule has 2 aliphatic rings. The Bertz CT molecular complexity index is 738. The second-order valence-corrected chi connectivity index (χ2v) is 6.66. The van der Waals surface area contributed by atoms with Gasteiger partial charge in [0.05, 0.1) is 19.2 Å². The average molecular weight is 341 g/mol. The Labute approximate surface area is 147 Å². The molecule has 1 aliphatic heterocycles. The van der Waals surface area contributed by atoms with E-state index in [0.717, 1.165) is 44.5 Å². The number of nitrogens with zero attached hydrogens (tertiary/aromatic N) is 4. The number of amides is 2. The molecule has 0 saturated carbocycles.